The Hall–Kier alpha value is -0.560. The van der Waals surface area contributed by atoms with Crippen molar-refractivity contribution in [3.63, 3.8) is 0 Å². The topological polar surface area (TPSA) is 12.5 Å². The van der Waals surface area contributed by atoms with E-state index in [0.717, 1.165) is 0 Å². The van der Waals surface area contributed by atoms with Gasteiger partial charge in [-0.25, -0.2) is 0 Å². The summed E-state index contributed by atoms with van der Waals surface area (Å²) in [4.78, 5) is 0. The predicted octanol–water partition coefficient (Wildman–Crippen LogP) is 6.59. The Balaban J connectivity index is 1.83. The van der Waals surface area contributed by atoms with E-state index in [4.69, 9.17) is 4.74 Å². The number of rotatable bonds is 14. The molecule has 0 aromatic heterocycles. The fraction of sp³-hybridized carbons (Fsp3) is 0.800. The van der Waals surface area contributed by atoms with E-state index in [2.05, 4.69) is 38.2 Å². The van der Waals surface area contributed by atoms with Crippen molar-refractivity contribution in [2.75, 3.05) is 0 Å². The van der Waals surface area contributed by atoms with Crippen LogP contribution in [0.1, 0.15) is 90.9 Å². The summed E-state index contributed by atoms with van der Waals surface area (Å²) in [5.74, 6) is 0. The lowest BCUT2D eigenvalue weighted by atomic mass is 10.1. The monoisotopic (exact) mass is 292 g/mol. The Kier molecular flexibility index (Phi) is 11.6. The number of hydrogen-bond donors (Lipinski definition) is 0. The average molecular weight is 293 g/mol. The molecule has 1 saturated heterocycles. The molecule has 0 aromatic rings. The van der Waals surface area contributed by atoms with Gasteiger partial charge in [0.25, 0.3) is 0 Å². The van der Waals surface area contributed by atoms with Gasteiger partial charge < -0.3 is 4.74 Å². The van der Waals surface area contributed by atoms with Gasteiger partial charge in [-0.1, -0.05) is 95.9 Å². The Morgan fingerprint density at radius 3 is 2.14 bits per heavy atom. The number of allylic oxidation sites excluding steroid dienone is 3. The van der Waals surface area contributed by atoms with E-state index in [-0.39, 0.29) is 0 Å². The molecule has 0 spiro atoms. The van der Waals surface area contributed by atoms with Crippen LogP contribution >= 0.6 is 0 Å². The highest BCUT2D eigenvalue weighted by Gasteiger charge is 2.34. The van der Waals surface area contributed by atoms with Crippen molar-refractivity contribution in [1.29, 1.82) is 0 Å². The Morgan fingerprint density at radius 1 is 0.762 bits per heavy atom. The van der Waals surface area contributed by atoms with Crippen LogP contribution in [0.4, 0.5) is 0 Å². The first-order valence-corrected chi connectivity index (χ1v) is 9.37. The molecular weight excluding hydrogens is 256 g/mol. The zero-order chi connectivity index (χ0) is 15.2. The maximum absolute atomic E-state index is 5.60. The zero-order valence-corrected chi connectivity index (χ0v) is 14.4. The van der Waals surface area contributed by atoms with Gasteiger partial charge in [-0.15, -0.1) is 0 Å². The van der Waals surface area contributed by atoms with Gasteiger partial charge in [0.05, 0.1) is 6.10 Å². The lowest BCUT2D eigenvalue weighted by molar-refractivity contribution is 0.375. The van der Waals surface area contributed by atoms with Crippen LogP contribution in [0.2, 0.25) is 0 Å². The second kappa shape index (κ2) is 13.1. The van der Waals surface area contributed by atoms with Crippen molar-refractivity contribution >= 4 is 0 Å². The van der Waals surface area contributed by atoms with Gasteiger partial charge in [-0.3, -0.25) is 0 Å². The molecule has 1 fully saturated rings. The van der Waals surface area contributed by atoms with Crippen LogP contribution in [0, 0.1) is 0 Å². The molecule has 1 heterocycles. The third-order valence-corrected chi connectivity index (χ3v) is 4.24. The Labute approximate surface area is 132 Å². The lowest BCUT2D eigenvalue weighted by Gasteiger charge is -1.99. The van der Waals surface area contributed by atoms with Crippen LogP contribution in [0.25, 0.3) is 0 Å². The van der Waals surface area contributed by atoms with E-state index in [1.807, 2.05) is 0 Å². The number of hydrogen-bond acceptors (Lipinski definition) is 1. The first kappa shape index (κ1) is 18.5. The van der Waals surface area contributed by atoms with E-state index in [0.29, 0.717) is 12.2 Å². The molecule has 0 radical (unpaired) electrons. The fourth-order valence-corrected chi connectivity index (χ4v) is 2.71. The third-order valence-electron chi connectivity index (χ3n) is 4.24. The maximum Gasteiger partial charge on any atom is 0.103 e. The summed E-state index contributed by atoms with van der Waals surface area (Å²) in [6.45, 7) is 4.52. The molecule has 0 saturated carbocycles. The summed E-state index contributed by atoms with van der Waals surface area (Å²) >= 11 is 0. The van der Waals surface area contributed by atoms with E-state index >= 15 is 0 Å². The van der Waals surface area contributed by atoms with E-state index in [1.165, 1.54) is 77.0 Å². The van der Waals surface area contributed by atoms with E-state index < -0.39 is 0 Å². The third kappa shape index (κ3) is 10.8. The van der Waals surface area contributed by atoms with Crippen LogP contribution < -0.4 is 0 Å². The minimum Gasteiger partial charge on any atom is -0.365 e. The van der Waals surface area contributed by atoms with Gasteiger partial charge >= 0.3 is 0 Å². The normalized spacial score (nSPS) is 21.6. The predicted molar refractivity (Wildman–Crippen MR) is 93.7 cm³/mol. The van der Waals surface area contributed by atoms with Crippen molar-refractivity contribution in [2.45, 2.75) is 103 Å². The molecule has 0 amide bonds. The summed E-state index contributed by atoms with van der Waals surface area (Å²) in [5.41, 5.74) is 0. The van der Waals surface area contributed by atoms with Crippen molar-refractivity contribution < 1.29 is 4.74 Å². The van der Waals surface area contributed by atoms with Crippen LogP contribution in [-0.4, -0.2) is 12.2 Å². The molecule has 1 heteroatoms. The number of epoxide rings is 1. The lowest BCUT2D eigenvalue weighted by Crippen LogP contribution is -1.89. The quantitative estimate of drug-likeness (QED) is 0.200. The molecular formula is C20H36O. The minimum atomic E-state index is 0.407. The molecule has 0 N–H and O–H groups in total. The number of unbranched alkanes of at least 4 members (excludes halogenated alkanes) is 9. The molecule has 0 aliphatic carbocycles. The van der Waals surface area contributed by atoms with Gasteiger partial charge in [0.1, 0.15) is 6.10 Å². The summed E-state index contributed by atoms with van der Waals surface area (Å²) in [5, 5.41) is 0. The molecule has 1 nitrogen and oxygen atoms in total. The van der Waals surface area contributed by atoms with E-state index in [9.17, 15) is 0 Å². The molecule has 0 bridgehead atoms. The fourth-order valence-electron chi connectivity index (χ4n) is 2.71. The minimum absolute atomic E-state index is 0.407. The molecule has 0 aromatic carbocycles. The van der Waals surface area contributed by atoms with Gasteiger partial charge in [0.2, 0.25) is 0 Å². The summed E-state index contributed by atoms with van der Waals surface area (Å²) in [7, 11) is 0. The number of ether oxygens (including phenoxy) is 1. The Morgan fingerprint density at radius 2 is 1.43 bits per heavy atom. The standard InChI is InChI=1S/C20H36O/c1-3-5-7-8-9-10-11-12-13-14-15-16-18-20-19(21-20)17-6-4-2/h14-16,18-20H,3-13,17H2,1-2H3/t19-,20-/m0/s1. The smallest absolute Gasteiger partial charge is 0.103 e. The molecule has 21 heavy (non-hydrogen) atoms. The van der Waals surface area contributed by atoms with E-state index in [1.54, 1.807) is 0 Å². The second-order valence-electron chi connectivity index (χ2n) is 6.36. The highest BCUT2D eigenvalue weighted by atomic mass is 16.6. The average Bonchev–Trinajstić information content (AvgIpc) is 3.24. The summed E-state index contributed by atoms with van der Waals surface area (Å²) in [6, 6.07) is 0. The summed E-state index contributed by atoms with van der Waals surface area (Å²) < 4.78 is 5.60. The highest BCUT2D eigenvalue weighted by molar-refractivity contribution is 5.10. The zero-order valence-electron chi connectivity index (χ0n) is 14.4. The van der Waals surface area contributed by atoms with Gasteiger partial charge in [-0.2, -0.15) is 0 Å². The van der Waals surface area contributed by atoms with Crippen LogP contribution in [0.5, 0.6) is 0 Å². The molecule has 1 rings (SSSR count). The largest absolute Gasteiger partial charge is 0.365 e. The van der Waals surface area contributed by atoms with Gasteiger partial charge in [-0.05, 0) is 19.3 Å². The first-order chi connectivity index (χ1) is 10.4. The highest BCUT2D eigenvalue weighted by Crippen LogP contribution is 2.28. The van der Waals surface area contributed by atoms with Crippen molar-refractivity contribution in [3.8, 4) is 0 Å². The van der Waals surface area contributed by atoms with Crippen LogP contribution in [0.3, 0.4) is 0 Å². The summed E-state index contributed by atoms with van der Waals surface area (Å²) in [6.07, 6.45) is 26.1. The molecule has 2 atom stereocenters. The van der Waals surface area contributed by atoms with Crippen LogP contribution in [0.15, 0.2) is 24.3 Å². The van der Waals surface area contributed by atoms with Gasteiger partial charge in [0.15, 0.2) is 0 Å². The molecule has 1 aliphatic heterocycles. The maximum atomic E-state index is 5.60. The Bertz CT molecular complexity index is 280. The molecule has 0 unspecified atom stereocenters. The van der Waals surface area contributed by atoms with Crippen molar-refractivity contribution in [1.82, 2.24) is 0 Å². The van der Waals surface area contributed by atoms with Gasteiger partial charge in [0, 0.05) is 0 Å². The van der Waals surface area contributed by atoms with Crippen molar-refractivity contribution in [3.05, 3.63) is 24.3 Å². The molecule has 122 valence electrons. The second-order valence-corrected chi connectivity index (χ2v) is 6.36. The molecule has 1 aliphatic rings. The van der Waals surface area contributed by atoms with Crippen molar-refractivity contribution in [2.24, 2.45) is 0 Å². The van der Waals surface area contributed by atoms with Crippen LogP contribution in [-0.2, 0) is 4.74 Å². The first-order valence-electron chi connectivity index (χ1n) is 9.37. The SMILES string of the molecule is CCCCCCCCCCC=CC=C[C@@H]1O[C@H]1CCCC.